The first kappa shape index (κ1) is 17.7. The lowest BCUT2D eigenvalue weighted by atomic mass is 9.94. The number of rotatable bonds is 4. The van der Waals surface area contributed by atoms with E-state index >= 15 is 0 Å². The predicted molar refractivity (Wildman–Crippen MR) is 98.6 cm³/mol. The maximum absolute atomic E-state index is 12.5. The summed E-state index contributed by atoms with van der Waals surface area (Å²) in [4.78, 5) is 30.9. The smallest absolute Gasteiger partial charge is 0.254 e. The van der Waals surface area contributed by atoms with Crippen LogP contribution in [0.3, 0.4) is 0 Å². The number of carbonyl (C=O) groups is 1. The van der Waals surface area contributed by atoms with E-state index in [2.05, 4.69) is 4.98 Å². The zero-order valence-electron chi connectivity index (χ0n) is 14.3. The van der Waals surface area contributed by atoms with E-state index in [1.807, 2.05) is 19.2 Å². The molecule has 5 nitrogen and oxygen atoms in total. The van der Waals surface area contributed by atoms with Crippen LogP contribution in [0.25, 0.3) is 11.3 Å². The molecule has 1 amide bonds. The Kier molecular flexibility index (Phi) is 5.53. The molecule has 2 aromatic rings. The number of nitrogens with zero attached hydrogens (tertiary/aromatic N) is 3. The van der Waals surface area contributed by atoms with Crippen molar-refractivity contribution in [1.82, 2.24) is 14.5 Å². The molecule has 1 fully saturated rings. The highest BCUT2D eigenvalue weighted by Gasteiger charge is 2.22. The summed E-state index contributed by atoms with van der Waals surface area (Å²) in [7, 11) is 1.83. The van der Waals surface area contributed by atoms with Crippen LogP contribution >= 0.6 is 11.6 Å². The monoisotopic (exact) mass is 359 g/mol. The molecule has 1 aromatic heterocycles. The predicted octanol–water partition coefficient (Wildman–Crippen LogP) is 3.35. The number of aromatic nitrogens is 2. The van der Waals surface area contributed by atoms with E-state index in [-0.39, 0.29) is 18.0 Å². The van der Waals surface area contributed by atoms with Crippen molar-refractivity contribution < 1.29 is 4.79 Å². The normalized spacial score (nSPS) is 15.1. The van der Waals surface area contributed by atoms with Gasteiger partial charge in [-0.25, -0.2) is 4.98 Å². The molecule has 0 aliphatic heterocycles. The second-order valence-electron chi connectivity index (χ2n) is 6.54. The Hall–Kier alpha value is -2.14. The first-order chi connectivity index (χ1) is 12.0. The molecule has 0 spiro atoms. The standard InChI is InChI=1S/C19H22ClN3O2/c1-22(16-5-3-2-4-6-16)19(25)12-23-13-21-17(11-18(23)24)14-7-9-15(20)10-8-14/h7-11,13,16H,2-6,12H2,1H3. The van der Waals surface area contributed by atoms with Crippen molar-refractivity contribution in [1.29, 1.82) is 0 Å². The zero-order valence-corrected chi connectivity index (χ0v) is 15.1. The van der Waals surface area contributed by atoms with Gasteiger partial charge in [-0.05, 0) is 25.0 Å². The van der Waals surface area contributed by atoms with Crippen molar-refractivity contribution in [3.8, 4) is 11.3 Å². The first-order valence-corrected chi connectivity index (χ1v) is 9.00. The second-order valence-corrected chi connectivity index (χ2v) is 6.98. The largest absolute Gasteiger partial charge is 0.341 e. The van der Waals surface area contributed by atoms with Gasteiger partial charge in [-0.15, -0.1) is 0 Å². The van der Waals surface area contributed by atoms with E-state index in [1.165, 1.54) is 36.2 Å². The summed E-state index contributed by atoms with van der Waals surface area (Å²) in [5.41, 5.74) is 1.16. The number of halogens is 1. The molecule has 0 unspecified atom stereocenters. The fraction of sp³-hybridized carbons (Fsp3) is 0.421. The lowest BCUT2D eigenvalue weighted by Crippen LogP contribution is -2.41. The van der Waals surface area contributed by atoms with Crippen LogP contribution in [0.5, 0.6) is 0 Å². The molecular formula is C19H22ClN3O2. The SMILES string of the molecule is CN(C(=O)Cn1cnc(-c2ccc(Cl)cc2)cc1=O)C1CCCCC1. The molecule has 0 N–H and O–H groups in total. The number of carbonyl (C=O) groups excluding carboxylic acids is 1. The van der Waals surface area contributed by atoms with Crippen LogP contribution in [-0.2, 0) is 11.3 Å². The summed E-state index contributed by atoms with van der Waals surface area (Å²) in [5.74, 6) is -0.0463. The minimum Gasteiger partial charge on any atom is -0.341 e. The van der Waals surface area contributed by atoms with Crippen LogP contribution < -0.4 is 5.56 Å². The summed E-state index contributed by atoms with van der Waals surface area (Å²) >= 11 is 5.88. The second kappa shape index (κ2) is 7.83. The molecule has 1 aliphatic rings. The van der Waals surface area contributed by atoms with E-state index < -0.39 is 0 Å². The van der Waals surface area contributed by atoms with Crippen LogP contribution in [0.4, 0.5) is 0 Å². The maximum atomic E-state index is 12.5. The molecule has 0 bridgehead atoms. The van der Waals surface area contributed by atoms with Crippen LogP contribution in [0.2, 0.25) is 5.02 Å². The lowest BCUT2D eigenvalue weighted by Gasteiger charge is -2.31. The van der Waals surface area contributed by atoms with E-state index in [1.54, 1.807) is 17.0 Å². The third-order valence-corrected chi connectivity index (χ3v) is 5.09. The van der Waals surface area contributed by atoms with Crippen molar-refractivity contribution in [3.05, 3.63) is 52.0 Å². The summed E-state index contributed by atoms with van der Waals surface area (Å²) < 4.78 is 1.36. The third kappa shape index (κ3) is 4.28. The molecule has 0 radical (unpaired) electrons. The maximum Gasteiger partial charge on any atom is 0.254 e. The van der Waals surface area contributed by atoms with Gasteiger partial charge in [0.2, 0.25) is 5.91 Å². The molecular weight excluding hydrogens is 338 g/mol. The highest BCUT2D eigenvalue weighted by Crippen LogP contribution is 2.22. The minimum atomic E-state index is -0.231. The Morgan fingerprint density at radius 3 is 2.56 bits per heavy atom. The molecule has 0 saturated heterocycles. The summed E-state index contributed by atoms with van der Waals surface area (Å²) in [5, 5.41) is 0.633. The van der Waals surface area contributed by atoms with Crippen LogP contribution in [0.15, 0.2) is 41.5 Å². The fourth-order valence-electron chi connectivity index (χ4n) is 3.25. The summed E-state index contributed by atoms with van der Waals surface area (Å²) in [6.07, 6.45) is 7.11. The zero-order chi connectivity index (χ0) is 17.8. The Bertz CT molecular complexity index is 795. The van der Waals surface area contributed by atoms with Crippen molar-refractivity contribution in [2.75, 3.05) is 7.05 Å². The number of hydrogen-bond donors (Lipinski definition) is 0. The van der Waals surface area contributed by atoms with Crippen molar-refractivity contribution in [3.63, 3.8) is 0 Å². The molecule has 25 heavy (non-hydrogen) atoms. The Morgan fingerprint density at radius 2 is 1.92 bits per heavy atom. The van der Waals surface area contributed by atoms with Gasteiger partial charge < -0.3 is 4.90 Å². The number of benzene rings is 1. The number of likely N-dealkylation sites (N-methyl/N-ethyl adjacent to an activating group) is 1. The van der Waals surface area contributed by atoms with E-state index in [4.69, 9.17) is 11.6 Å². The quantitative estimate of drug-likeness (QED) is 0.841. The van der Waals surface area contributed by atoms with Gasteiger partial charge >= 0.3 is 0 Å². The van der Waals surface area contributed by atoms with Gasteiger partial charge in [0.1, 0.15) is 6.54 Å². The van der Waals surface area contributed by atoms with Crippen molar-refractivity contribution in [2.45, 2.75) is 44.7 Å². The average Bonchev–Trinajstić information content (AvgIpc) is 2.64. The van der Waals surface area contributed by atoms with Gasteiger partial charge in [0.05, 0.1) is 12.0 Å². The summed E-state index contributed by atoms with van der Waals surface area (Å²) in [6, 6.07) is 8.89. The van der Waals surface area contributed by atoms with E-state index in [0.29, 0.717) is 16.8 Å². The van der Waals surface area contributed by atoms with Gasteiger partial charge in [-0.3, -0.25) is 14.2 Å². The van der Waals surface area contributed by atoms with Crippen molar-refractivity contribution >= 4 is 17.5 Å². The molecule has 132 valence electrons. The molecule has 1 heterocycles. The van der Waals surface area contributed by atoms with Crippen LogP contribution in [-0.4, -0.2) is 33.4 Å². The first-order valence-electron chi connectivity index (χ1n) is 8.62. The van der Waals surface area contributed by atoms with Gasteiger partial charge in [-0.2, -0.15) is 0 Å². The average molecular weight is 360 g/mol. The minimum absolute atomic E-state index is 0.0275. The Balaban J connectivity index is 1.71. The molecule has 1 aliphatic carbocycles. The van der Waals surface area contributed by atoms with Crippen molar-refractivity contribution in [2.24, 2.45) is 0 Å². The number of amides is 1. The topological polar surface area (TPSA) is 55.2 Å². The molecule has 3 rings (SSSR count). The van der Waals surface area contributed by atoms with Gasteiger partial charge in [0, 0.05) is 29.7 Å². The summed E-state index contributed by atoms with van der Waals surface area (Å²) in [6.45, 7) is 0.0275. The fourth-order valence-corrected chi connectivity index (χ4v) is 3.38. The highest BCUT2D eigenvalue weighted by molar-refractivity contribution is 6.30. The third-order valence-electron chi connectivity index (χ3n) is 4.84. The molecule has 0 atom stereocenters. The lowest BCUT2D eigenvalue weighted by molar-refractivity contribution is -0.133. The highest BCUT2D eigenvalue weighted by atomic mass is 35.5. The van der Waals surface area contributed by atoms with E-state index in [0.717, 1.165) is 18.4 Å². The molecule has 1 saturated carbocycles. The van der Waals surface area contributed by atoms with Crippen LogP contribution in [0.1, 0.15) is 32.1 Å². The van der Waals surface area contributed by atoms with Gasteiger partial charge in [0.15, 0.2) is 0 Å². The van der Waals surface area contributed by atoms with Gasteiger partial charge in [0.25, 0.3) is 5.56 Å². The van der Waals surface area contributed by atoms with Gasteiger partial charge in [-0.1, -0.05) is 43.0 Å². The molecule has 6 heteroatoms. The number of hydrogen-bond acceptors (Lipinski definition) is 3. The van der Waals surface area contributed by atoms with E-state index in [9.17, 15) is 9.59 Å². The van der Waals surface area contributed by atoms with Crippen LogP contribution in [0, 0.1) is 0 Å². The Labute approximate surface area is 152 Å². The Morgan fingerprint density at radius 1 is 1.24 bits per heavy atom. The molecule has 1 aromatic carbocycles.